The van der Waals surface area contributed by atoms with E-state index >= 15 is 0 Å². The third-order valence-corrected chi connectivity index (χ3v) is 2.95. The Morgan fingerprint density at radius 3 is 2.54 bits per heavy atom. The van der Waals surface area contributed by atoms with E-state index in [-0.39, 0.29) is 0 Å². The van der Waals surface area contributed by atoms with Gasteiger partial charge in [-0.1, -0.05) is 5.16 Å². The maximum absolute atomic E-state index is 11.8. The fourth-order valence-corrected chi connectivity index (χ4v) is 1.95. The molecule has 0 spiro atoms. The molecule has 3 rings (SSSR count). The molecule has 0 saturated carbocycles. The van der Waals surface area contributed by atoms with Crippen molar-refractivity contribution in [1.82, 2.24) is 20.1 Å². The van der Waals surface area contributed by atoms with Gasteiger partial charge >= 0.3 is 6.09 Å². The highest BCUT2D eigenvalue weighted by Crippen LogP contribution is 2.23. The first-order chi connectivity index (χ1) is 12.4. The molecule has 2 aromatic heterocycles. The molecule has 0 fully saturated rings. The van der Waals surface area contributed by atoms with Crippen molar-refractivity contribution in [2.75, 3.05) is 5.32 Å². The molecule has 0 aliphatic carbocycles. The van der Waals surface area contributed by atoms with Gasteiger partial charge in [0.05, 0.1) is 0 Å². The number of hydrogen-bond acceptors (Lipinski definition) is 8. The van der Waals surface area contributed by atoms with E-state index in [0.29, 0.717) is 28.8 Å². The monoisotopic (exact) mass is 355 g/mol. The molecule has 2 heterocycles. The van der Waals surface area contributed by atoms with Gasteiger partial charge in [0, 0.05) is 11.8 Å². The summed E-state index contributed by atoms with van der Waals surface area (Å²) in [5.74, 6) is 1.21. The van der Waals surface area contributed by atoms with Gasteiger partial charge in [-0.15, -0.1) is 0 Å². The van der Waals surface area contributed by atoms with E-state index in [1.807, 2.05) is 0 Å². The van der Waals surface area contributed by atoms with Gasteiger partial charge in [-0.05, 0) is 45.0 Å². The molecule has 1 amide bonds. The smallest absolute Gasteiger partial charge is 0.412 e. The molecule has 0 bridgehead atoms. The van der Waals surface area contributed by atoms with E-state index in [1.54, 1.807) is 51.1 Å². The highest BCUT2D eigenvalue weighted by molar-refractivity contribution is 5.84. The molecule has 0 unspecified atom stereocenters. The molecule has 0 aliphatic heterocycles. The topological polar surface area (TPSA) is 112 Å². The summed E-state index contributed by atoms with van der Waals surface area (Å²) >= 11 is 0. The summed E-state index contributed by atoms with van der Waals surface area (Å²) in [6.45, 7) is 5.40. The third kappa shape index (κ3) is 4.76. The fourth-order valence-electron chi connectivity index (χ4n) is 1.95. The molecule has 26 heavy (non-hydrogen) atoms. The number of nitrogens with one attached hydrogen (secondary N) is 1. The van der Waals surface area contributed by atoms with Gasteiger partial charge in [0.2, 0.25) is 18.1 Å². The SMILES string of the molecule is CC(C)(C)OC(=O)Nc1ccc(Oc2cc(-c3ncon3)ncn2)cc1. The lowest BCUT2D eigenvalue weighted by molar-refractivity contribution is 0.0636. The van der Waals surface area contributed by atoms with Crippen LogP contribution in [0.3, 0.4) is 0 Å². The second-order valence-corrected chi connectivity index (χ2v) is 6.25. The summed E-state index contributed by atoms with van der Waals surface area (Å²) in [5.41, 5.74) is 0.505. The highest BCUT2D eigenvalue weighted by Gasteiger charge is 2.16. The van der Waals surface area contributed by atoms with E-state index in [9.17, 15) is 4.79 Å². The molecular formula is C17H17N5O4. The normalized spacial score (nSPS) is 11.0. The Hall–Kier alpha value is -3.49. The summed E-state index contributed by atoms with van der Waals surface area (Å²) in [4.78, 5) is 23.8. The molecule has 134 valence electrons. The molecule has 9 nitrogen and oxygen atoms in total. The lowest BCUT2D eigenvalue weighted by atomic mass is 10.2. The van der Waals surface area contributed by atoms with Crippen molar-refractivity contribution >= 4 is 11.8 Å². The number of aromatic nitrogens is 4. The Labute approximate surface area is 149 Å². The van der Waals surface area contributed by atoms with Gasteiger partial charge in [-0.3, -0.25) is 5.32 Å². The minimum absolute atomic E-state index is 0.327. The van der Waals surface area contributed by atoms with Gasteiger partial charge in [0.1, 0.15) is 23.4 Å². The van der Waals surface area contributed by atoms with Crippen molar-refractivity contribution in [1.29, 1.82) is 0 Å². The molecule has 0 atom stereocenters. The third-order valence-electron chi connectivity index (χ3n) is 2.95. The molecule has 3 aromatic rings. The molecule has 1 aromatic carbocycles. The summed E-state index contributed by atoms with van der Waals surface area (Å²) in [6, 6.07) is 8.38. The van der Waals surface area contributed by atoms with E-state index in [4.69, 9.17) is 14.0 Å². The van der Waals surface area contributed by atoms with Crippen molar-refractivity contribution in [3.63, 3.8) is 0 Å². The zero-order chi connectivity index (χ0) is 18.6. The second kappa shape index (κ2) is 7.18. The number of carbonyl (C=O) groups excluding carboxylic acids is 1. The minimum Gasteiger partial charge on any atom is -0.444 e. The van der Waals surface area contributed by atoms with Crippen LogP contribution in [0.2, 0.25) is 0 Å². The summed E-state index contributed by atoms with van der Waals surface area (Å²) < 4.78 is 15.6. The van der Waals surface area contributed by atoms with Crippen LogP contribution in [0.1, 0.15) is 20.8 Å². The van der Waals surface area contributed by atoms with Gasteiger partial charge in [-0.25, -0.2) is 14.8 Å². The molecule has 9 heteroatoms. The Morgan fingerprint density at radius 2 is 1.88 bits per heavy atom. The average Bonchev–Trinajstić information content (AvgIpc) is 3.10. The number of benzene rings is 1. The molecule has 0 saturated heterocycles. The van der Waals surface area contributed by atoms with Gasteiger partial charge in [-0.2, -0.15) is 4.98 Å². The van der Waals surface area contributed by atoms with Crippen LogP contribution in [0.5, 0.6) is 11.6 Å². The first-order valence-electron chi connectivity index (χ1n) is 7.76. The Balaban J connectivity index is 1.65. The van der Waals surface area contributed by atoms with Gasteiger partial charge < -0.3 is 14.0 Å². The van der Waals surface area contributed by atoms with Crippen LogP contribution in [0.25, 0.3) is 11.5 Å². The van der Waals surface area contributed by atoms with Crippen LogP contribution >= 0.6 is 0 Å². The zero-order valence-electron chi connectivity index (χ0n) is 14.5. The fraction of sp³-hybridized carbons (Fsp3) is 0.235. The first-order valence-corrected chi connectivity index (χ1v) is 7.76. The number of amides is 1. The van der Waals surface area contributed by atoms with Crippen molar-refractivity contribution in [2.45, 2.75) is 26.4 Å². The number of nitrogens with zero attached hydrogens (tertiary/aromatic N) is 4. The number of carbonyl (C=O) groups is 1. The lowest BCUT2D eigenvalue weighted by Gasteiger charge is -2.19. The van der Waals surface area contributed by atoms with Crippen LogP contribution in [0.4, 0.5) is 10.5 Å². The van der Waals surface area contributed by atoms with Crippen molar-refractivity contribution in [3.05, 3.63) is 43.1 Å². The van der Waals surface area contributed by atoms with E-state index in [0.717, 1.165) is 0 Å². The second-order valence-electron chi connectivity index (χ2n) is 6.25. The molecule has 1 N–H and O–H groups in total. The Morgan fingerprint density at radius 1 is 1.12 bits per heavy atom. The predicted octanol–water partition coefficient (Wildman–Crippen LogP) is 3.67. The van der Waals surface area contributed by atoms with Crippen molar-refractivity contribution in [2.24, 2.45) is 0 Å². The first kappa shape index (κ1) is 17.3. The molecular weight excluding hydrogens is 338 g/mol. The highest BCUT2D eigenvalue weighted by atomic mass is 16.6. The molecule has 0 aliphatic rings. The van der Waals surface area contributed by atoms with Crippen LogP contribution in [-0.2, 0) is 4.74 Å². The van der Waals surface area contributed by atoms with E-state index in [1.165, 1.54) is 12.7 Å². The van der Waals surface area contributed by atoms with E-state index in [2.05, 4.69) is 25.4 Å². The van der Waals surface area contributed by atoms with Crippen LogP contribution in [-0.4, -0.2) is 31.8 Å². The largest absolute Gasteiger partial charge is 0.444 e. The summed E-state index contributed by atoms with van der Waals surface area (Å²) in [6.07, 6.45) is 2.04. The molecule has 0 radical (unpaired) electrons. The number of rotatable bonds is 4. The van der Waals surface area contributed by atoms with Crippen molar-refractivity contribution in [3.8, 4) is 23.1 Å². The van der Waals surface area contributed by atoms with Gasteiger partial charge in [0.25, 0.3) is 0 Å². The number of ether oxygens (including phenoxy) is 2. The van der Waals surface area contributed by atoms with E-state index < -0.39 is 11.7 Å². The van der Waals surface area contributed by atoms with Gasteiger partial charge in [0.15, 0.2) is 0 Å². The quantitative estimate of drug-likeness (QED) is 0.754. The number of hydrogen-bond donors (Lipinski definition) is 1. The van der Waals surface area contributed by atoms with Crippen LogP contribution in [0.15, 0.2) is 47.6 Å². The van der Waals surface area contributed by atoms with Crippen LogP contribution in [0, 0.1) is 0 Å². The predicted molar refractivity (Wildman–Crippen MR) is 91.7 cm³/mol. The Kier molecular flexibility index (Phi) is 4.78. The zero-order valence-corrected chi connectivity index (χ0v) is 14.5. The lowest BCUT2D eigenvalue weighted by Crippen LogP contribution is -2.27. The van der Waals surface area contributed by atoms with Crippen LogP contribution < -0.4 is 10.1 Å². The standard InChI is InChI=1S/C17H17N5O4/c1-17(2,3)26-16(23)21-11-4-6-12(7-5-11)25-14-8-13(18-9-19-14)15-20-10-24-22-15/h4-10H,1-3H3,(H,21,23). The number of anilines is 1. The summed E-state index contributed by atoms with van der Waals surface area (Å²) in [7, 11) is 0. The maximum atomic E-state index is 11.8. The average molecular weight is 355 g/mol. The maximum Gasteiger partial charge on any atom is 0.412 e. The summed E-state index contributed by atoms with van der Waals surface area (Å²) in [5, 5.41) is 6.36. The minimum atomic E-state index is -0.559. The Bertz CT molecular complexity index is 873. The van der Waals surface area contributed by atoms with Crippen molar-refractivity contribution < 1.29 is 18.8 Å².